The van der Waals surface area contributed by atoms with E-state index >= 15 is 0 Å². The number of hydrogen-bond donors (Lipinski definition) is 1. The lowest BCUT2D eigenvalue weighted by Crippen LogP contribution is -2.34. The van der Waals surface area contributed by atoms with Gasteiger partial charge in [0.05, 0.1) is 6.42 Å². The number of carbonyl (C=O) groups excluding carboxylic acids is 2. The van der Waals surface area contributed by atoms with Crippen molar-refractivity contribution in [3.63, 3.8) is 0 Å². The SMILES string of the molecule is O=C(O)C(=O)CC(=O)N(CCCc1ccc(F)cc1F)Cc1ccc2ccccc2c1. The lowest BCUT2D eigenvalue weighted by Gasteiger charge is -2.23. The van der Waals surface area contributed by atoms with Crippen LogP contribution in [0.5, 0.6) is 0 Å². The molecule has 0 unspecified atom stereocenters. The standard InChI is InChI=1S/C24H21F2NO4/c25-20-10-9-18(21(26)13-20)6-3-11-27(23(29)14-22(28)24(30)31)15-16-7-8-17-4-1-2-5-19(17)12-16/h1-2,4-5,7-10,12-13H,3,6,11,14-15H2,(H,30,31). The molecule has 0 heterocycles. The van der Waals surface area contributed by atoms with Crippen molar-refractivity contribution in [1.82, 2.24) is 4.90 Å². The Kier molecular flexibility index (Phi) is 7.07. The monoisotopic (exact) mass is 425 g/mol. The van der Waals surface area contributed by atoms with Crippen molar-refractivity contribution >= 4 is 28.4 Å². The maximum Gasteiger partial charge on any atom is 0.372 e. The van der Waals surface area contributed by atoms with E-state index in [9.17, 15) is 23.2 Å². The van der Waals surface area contributed by atoms with Crippen LogP contribution in [0.3, 0.4) is 0 Å². The topological polar surface area (TPSA) is 74.7 Å². The van der Waals surface area contributed by atoms with E-state index in [1.807, 2.05) is 42.5 Å². The molecule has 7 heteroatoms. The van der Waals surface area contributed by atoms with Crippen LogP contribution >= 0.6 is 0 Å². The molecule has 5 nitrogen and oxygen atoms in total. The lowest BCUT2D eigenvalue weighted by molar-refractivity contribution is -0.151. The highest BCUT2D eigenvalue weighted by Crippen LogP contribution is 2.18. The van der Waals surface area contributed by atoms with E-state index in [-0.39, 0.29) is 19.5 Å². The highest BCUT2D eigenvalue weighted by molar-refractivity contribution is 6.36. The minimum atomic E-state index is -1.66. The first-order chi connectivity index (χ1) is 14.8. The highest BCUT2D eigenvalue weighted by atomic mass is 19.1. The summed E-state index contributed by atoms with van der Waals surface area (Å²) in [6.07, 6.45) is -0.114. The molecule has 3 aromatic carbocycles. The molecule has 0 aliphatic rings. The largest absolute Gasteiger partial charge is 0.475 e. The van der Waals surface area contributed by atoms with Crippen molar-refractivity contribution < 1.29 is 28.3 Å². The van der Waals surface area contributed by atoms with Gasteiger partial charge in [0.15, 0.2) is 0 Å². The van der Waals surface area contributed by atoms with Crippen molar-refractivity contribution in [2.24, 2.45) is 0 Å². The van der Waals surface area contributed by atoms with Crippen LogP contribution < -0.4 is 0 Å². The Hall–Kier alpha value is -3.61. The fourth-order valence-corrected chi connectivity index (χ4v) is 3.36. The Morgan fingerprint density at radius 1 is 0.903 bits per heavy atom. The average molecular weight is 425 g/mol. The number of fused-ring (bicyclic) bond motifs is 1. The molecule has 0 atom stereocenters. The molecule has 0 spiro atoms. The zero-order valence-electron chi connectivity index (χ0n) is 16.7. The number of rotatable bonds is 9. The Balaban J connectivity index is 1.73. The van der Waals surface area contributed by atoms with Crippen molar-refractivity contribution in [2.45, 2.75) is 25.8 Å². The van der Waals surface area contributed by atoms with Gasteiger partial charge >= 0.3 is 5.97 Å². The first kappa shape index (κ1) is 22.1. The first-order valence-corrected chi connectivity index (χ1v) is 9.79. The smallest absolute Gasteiger partial charge is 0.372 e. The number of carboxylic acid groups (broad SMARTS) is 1. The van der Waals surface area contributed by atoms with Gasteiger partial charge in [0.1, 0.15) is 11.6 Å². The molecular formula is C24H21F2NO4. The van der Waals surface area contributed by atoms with Crippen LogP contribution in [0.4, 0.5) is 8.78 Å². The molecule has 0 saturated carbocycles. The quantitative estimate of drug-likeness (QED) is 0.413. The molecule has 1 amide bonds. The van der Waals surface area contributed by atoms with E-state index in [1.54, 1.807) is 0 Å². The minimum absolute atomic E-state index is 0.183. The molecule has 0 aliphatic heterocycles. The van der Waals surface area contributed by atoms with Gasteiger partial charge in [-0.15, -0.1) is 0 Å². The van der Waals surface area contributed by atoms with E-state index in [2.05, 4.69) is 0 Å². The summed E-state index contributed by atoms with van der Waals surface area (Å²) in [6.45, 7) is 0.373. The predicted molar refractivity (Wildman–Crippen MR) is 111 cm³/mol. The average Bonchev–Trinajstić information content (AvgIpc) is 2.74. The van der Waals surface area contributed by atoms with E-state index in [4.69, 9.17) is 5.11 Å². The zero-order valence-corrected chi connectivity index (χ0v) is 16.7. The molecule has 160 valence electrons. The second kappa shape index (κ2) is 9.93. The normalized spacial score (nSPS) is 10.8. The van der Waals surface area contributed by atoms with E-state index < -0.39 is 35.7 Å². The number of nitrogens with zero attached hydrogens (tertiary/aromatic N) is 1. The zero-order chi connectivity index (χ0) is 22.4. The third-order valence-corrected chi connectivity index (χ3v) is 4.98. The van der Waals surface area contributed by atoms with Crippen LogP contribution in [-0.4, -0.2) is 34.2 Å². The fourth-order valence-electron chi connectivity index (χ4n) is 3.36. The van der Waals surface area contributed by atoms with Crippen LogP contribution in [0.25, 0.3) is 10.8 Å². The number of aliphatic carboxylic acids is 1. The molecule has 0 radical (unpaired) electrons. The van der Waals surface area contributed by atoms with Crippen LogP contribution in [0.15, 0.2) is 60.7 Å². The summed E-state index contributed by atoms with van der Waals surface area (Å²) in [5.74, 6) is -4.78. The molecule has 0 saturated heterocycles. The number of hydrogen-bond acceptors (Lipinski definition) is 3. The van der Waals surface area contributed by atoms with Crippen molar-refractivity contribution in [1.29, 1.82) is 0 Å². The second-order valence-corrected chi connectivity index (χ2v) is 7.24. The molecule has 1 N–H and O–H groups in total. The summed E-state index contributed by atoms with van der Waals surface area (Å²) in [7, 11) is 0. The number of benzene rings is 3. The molecule has 31 heavy (non-hydrogen) atoms. The van der Waals surface area contributed by atoms with Gasteiger partial charge in [0, 0.05) is 19.2 Å². The summed E-state index contributed by atoms with van der Waals surface area (Å²) in [5, 5.41) is 10.8. The van der Waals surface area contributed by atoms with E-state index in [1.165, 1.54) is 17.0 Å². The predicted octanol–water partition coefficient (Wildman–Crippen LogP) is 4.12. The molecule has 3 rings (SSSR count). The van der Waals surface area contributed by atoms with Gasteiger partial charge in [-0.1, -0.05) is 42.5 Å². The molecule has 0 aliphatic carbocycles. The van der Waals surface area contributed by atoms with Gasteiger partial charge in [-0.2, -0.15) is 0 Å². The second-order valence-electron chi connectivity index (χ2n) is 7.24. The van der Waals surface area contributed by atoms with Gasteiger partial charge < -0.3 is 10.0 Å². The minimum Gasteiger partial charge on any atom is -0.475 e. The Bertz CT molecular complexity index is 1130. The maximum absolute atomic E-state index is 13.9. The van der Waals surface area contributed by atoms with Crippen molar-refractivity contribution in [2.75, 3.05) is 6.54 Å². The van der Waals surface area contributed by atoms with Crippen LogP contribution in [-0.2, 0) is 27.3 Å². The number of halogens is 2. The molecule has 3 aromatic rings. The summed E-state index contributed by atoms with van der Waals surface area (Å²) in [6, 6.07) is 16.8. The number of amides is 1. The maximum atomic E-state index is 13.9. The van der Waals surface area contributed by atoms with Crippen LogP contribution in [0.1, 0.15) is 24.0 Å². The van der Waals surface area contributed by atoms with Gasteiger partial charge in [0.25, 0.3) is 0 Å². The summed E-state index contributed by atoms with van der Waals surface area (Å²) in [5.41, 5.74) is 1.14. The summed E-state index contributed by atoms with van der Waals surface area (Å²) >= 11 is 0. The van der Waals surface area contributed by atoms with Gasteiger partial charge in [-0.3, -0.25) is 9.59 Å². The molecular weight excluding hydrogens is 404 g/mol. The summed E-state index contributed by atoms with van der Waals surface area (Å²) < 4.78 is 26.9. The van der Waals surface area contributed by atoms with Crippen LogP contribution in [0, 0.1) is 11.6 Å². The number of Topliss-reactive ketones (excluding diaryl/α,β-unsaturated/α-hetero) is 1. The molecule has 0 bridgehead atoms. The fraction of sp³-hybridized carbons (Fsp3) is 0.208. The molecule has 0 fully saturated rings. The summed E-state index contributed by atoms with van der Waals surface area (Å²) in [4.78, 5) is 36.4. The lowest BCUT2D eigenvalue weighted by atomic mass is 10.1. The first-order valence-electron chi connectivity index (χ1n) is 9.79. The third kappa shape index (κ3) is 5.94. The number of carboxylic acids is 1. The number of ketones is 1. The number of carbonyl (C=O) groups is 3. The highest BCUT2D eigenvalue weighted by Gasteiger charge is 2.22. The van der Waals surface area contributed by atoms with E-state index in [0.717, 1.165) is 22.4 Å². The van der Waals surface area contributed by atoms with Crippen molar-refractivity contribution in [3.8, 4) is 0 Å². The van der Waals surface area contributed by atoms with Crippen molar-refractivity contribution in [3.05, 3.63) is 83.4 Å². The Morgan fingerprint density at radius 3 is 2.35 bits per heavy atom. The Labute approximate surface area is 177 Å². The van der Waals surface area contributed by atoms with Gasteiger partial charge in [0.2, 0.25) is 11.7 Å². The number of aryl methyl sites for hydroxylation is 1. The Morgan fingerprint density at radius 2 is 1.65 bits per heavy atom. The third-order valence-electron chi connectivity index (χ3n) is 4.98. The molecule has 0 aromatic heterocycles. The van der Waals surface area contributed by atoms with Gasteiger partial charge in [-0.25, -0.2) is 13.6 Å². The van der Waals surface area contributed by atoms with Crippen LogP contribution in [0.2, 0.25) is 0 Å². The van der Waals surface area contributed by atoms with E-state index in [0.29, 0.717) is 12.0 Å². The van der Waals surface area contributed by atoms with Gasteiger partial charge in [-0.05, 0) is 46.9 Å².